The highest BCUT2D eigenvalue weighted by Gasteiger charge is 2.50. The number of halogens is 1. The second-order valence-corrected chi connectivity index (χ2v) is 5.48. The first kappa shape index (κ1) is 7.67. The average molecular weight is 183 g/mol. The summed E-state index contributed by atoms with van der Waals surface area (Å²) in [6.45, 7) is 0. The summed E-state index contributed by atoms with van der Waals surface area (Å²) in [4.78, 5) is 0. The third kappa shape index (κ3) is 0.968. The monoisotopic (exact) mass is 182 g/mol. The molecular formula is C11H15Cl. The van der Waals surface area contributed by atoms with E-state index in [1.165, 1.54) is 38.5 Å². The first-order chi connectivity index (χ1) is 5.80. The molecule has 2 radical (unpaired) electrons. The minimum Gasteiger partial charge on any atom is -0.115 e. The van der Waals surface area contributed by atoms with Crippen LogP contribution in [0.25, 0.3) is 0 Å². The van der Waals surface area contributed by atoms with Crippen molar-refractivity contribution in [3.63, 3.8) is 0 Å². The highest BCUT2D eigenvalue weighted by Crippen LogP contribution is 2.61. The molecule has 0 unspecified atom stereocenters. The zero-order valence-electron chi connectivity index (χ0n) is 7.35. The van der Waals surface area contributed by atoms with Crippen LogP contribution in [0.5, 0.6) is 0 Å². The molecule has 0 heterocycles. The van der Waals surface area contributed by atoms with E-state index in [0.29, 0.717) is 5.41 Å². The van der Waals surface area contributed by atoms with Gasteiger partial charge in [0.2, 0.25) is 0 Å². The summed E-state index contributed by atoms with van der Waals surface area (Å²) in [5, 5.41) is 0. The van der Waals surface area contributed by atoms with Crippen LogP contribution in [0.3, 0.4) is 0 Å². The molecule has 4 rings (SSSR count). The van der Waals surface area contributed by atoms with Gasteiger partial charge < -0.3 is 0 Å². The van der Waals surface area contributed by atoms with E-state index in [1.54, 1.807) is 0 Å². The zero-order chi connectivity index (χ0) is 8.18. The molecule has 4 fully saturated rings. The van der Waals surface area contributed by atoms with Gasteiger partial charge in [-0.05, 0) is 61.7 Å². The van der Waals surface area contributed by atoms with Crippen LogP contribution in [0, 0.1) is 29.0 Å². The van der Waals surface area contributed by atoms with Gasteiger partial charge in [0, 0.05) is 0 Å². The summed E-state index contributed by atoms with van der Waals surface area (Å²) >= 11 is 5.87. The lowest BCUT2D eigenvalue weighted by molar-refractivity contribution is -0.0283. The van der Waals surface area contributed by atoms with Crippen molar-refractivity contribution in [3.05, 3.63) is 5.88 Å². The fourth-order valence-electron chi connectivity index (χ4n) is 4.23. The van der Waals surface area contributed by atoms with Crippen molar-refractivity contribution in [2.45, 2.75) is 38.5 Å². The predicted molar refractivity (Wildman–Crippen MR) is 49.7 cm³/mol. The summed E-state index contributed by atoms with van der Waals surface area (Å²) < 4.78 is 0. The van der Waals surface area contributed by atoms with Gasteiger partial charge in [0.15, 0.2) is 0 Å². The van der Waals surface area contributed by atoms with Crippen LogP contribution in [0.1, 0.15) is 38.5 Å². The van der Waals surface area contributed by atoms with E-state index in [-0.39, 0.29) is 0 Å². The van der Waals surface area contributed by atoms with Gasteiger partial charge in [-0.15, -0.1) is 11.6 Å². The van der Waals surface area contributed by atoms with E-state index in [2.05, 4.69) is 5.88 Å². The van der Waals surface area contributed by atoms with E-state index >= 15 is 0 Å². The van der Waals surface area contributed by atoms with E-state index in [1.807, 2.05) is 0 Å². The van der Waals surface area contributed by atoms with Crippen LogP contribution in [0.2, 0.25) is 0 Å². The maximum Gasteiger partial charge on any atom is 0.0931 e. The fourth-order valence-corrected chi connectivity index (χ4v) is 4.46. The second kappa shape index (κ2) is 2.41. The lowest BCUT2D eigenvalue weighted by Crippen LogP contribution is -2.45. The summed E-state index contributed by atoms with van der Waals surface area (Å²) in [5.74, 6) is 6.09. The van der Waals surface area contributed by atoms with Crippen LogP contribution in [-0.4, -0.2) is 0 Å². The highest BCUT2D eigenvalue weighted by atomic mass is 35.5. The fraction of sp³-hybridized carbons (Fsp3) is 0.909. The van der Waals surface area contributed by atoms with Crippen LogP contribution in [0.15, 0.2) is 0 Å². The SMILES string of the molecule is Cl[C]C12CC3CC(CC(C3)C1)C2. The number of hydrogen-bond donors (Lipinski definition) is 0. The summed E-state index contributed by atoms with van der Waals surface area (Å²) in [6, 6.07) is 0. The second-order valence-electron chi connectivity index (χ2n) is 5.29. The molecule has 4 aliphatic carbocycles. The maximum atomic E-state index is 5.87. The first-order valence-electron chi connectivity index (χ1n) is 5.17. The van der Waals surface area contributed by atoms with Crippen molar-refractivity contribution >= 4 is 11.6 Å². The smallest absolute Gasteiger partial charge is 0.0931 e. The summed E-state index contributed by atoms with van der Waals surface area (Å²) in [6.07, 6.45) is 8.54. The molecule has 0 atom stereocenters. The molecular weight excluding hydrogens is 168 g/mol. The third-order valence-corrected chi connectivity index (χ3v) is 4.64. The quantitative estimate of drug-likeness (QED) is 0.583. The lowest BCUT2D eigenvalue weighted by Gasteiger charge is -2.55. The van der Waals surface area contributed by atoms with Gasteiger partial charge in [-0.25, -0.2) is 0 Å². The predicted octanol–water partition coefficient (Wildman–Crippen LogP) is 3.48. The largest absolute Gasteiger partial charge is 0.115 e. The van der Waals surface area contributed by atoms with E-state index in [4.69, 9.17) is 11.6 Å². The highest BCUT2D eigenvalue weighted by molar-refractivity contribution is 6.23. The third-order valence-electron chi connectivity index (χ3n) is 4.24. The van der Waals surface area contributed by atoms with Crippen LogP contribution < -0.4 is 0 Å². The Morgan fingerprint density at radius 2 is 1.33 bits per heavy atom. The Bertz CT molecular complexity index is 162. The van der Waals surface area contributed by atoms with Crippen molar-refractivity contribution in [2.24, 2.45) is 23.2 Å². The van der Waals surface area contributed by atoms with Gasteiger partial charge >= 0.3 is 0 Å². The molecule has 4 aliphatic rings. The van der Waals surface area contributed by atoms with Crippen molar-refractivity contribution in [1.82, 2.24) is 0 Å². The van der Waals surface area contributed by atoms with Crippen LogP contribution in [-0.2, 0) is 0 Å². The van der Waals surface area contributed by atoms with Crippen molar-refractivity contribution in [2.75, 3.05) is 0 Å². The topological polar surface area (TPSA) is 0 Å². The van der Waals surface area contributed by atoms with Crippen molar-refractivity contribution < 1.29 is 0 Å². The Hall–Kier alpha value is 0.290. The minimum atomic E-state index is 0.357. The molecule has 4 bridgehead atoms. The molecule has 0 N–H and O–H groups in total. The summed E-state index contributed by atoms with van der Waals surface area (Å²) in [5.41, 5.74) is 0.357. The van der Waals surface area contributed by atoms with Gasteiger partial charge in [0.25, 0.3) is 0 Å². The lowest BCUT2D eigenvalue weighted by atomic mass is 9.50. The molecule has 0 aromatic heterocycles. The standard InChI is InChI=1S/C11H15Cl/c12-7-11-4-8-1-9(5-11)3-10(2-8)6-11/h8-10H,1-6H2. The minimum absolute atomic E-state index is 0.357. The van der Waals surface area contributed by atoms with Gasteiger partial charge in [-0.3, -0.25) is 0 Å². The Morgan fingerprint density at radius 1 is 0.917 bits per heavy atom. The Balaban J connectivity index is 1.90. The number of rotatable bonds is 1. The molecule has 12 heavy (non-hydrogen) atoms. The van der Waals surface area contributed by atoms with Crippen molar-refractivity contribution in [3.8, 4) is 0 Å². The van der Waals surface area contributed by atoms with Gasteiger partial charge in [0.05, 0.1) is 5.88 Å². The molecule has 1 heteroatoms. The first-order valence-corrected chi connectivity index (χ1v) is 5.55. The van der Waals surface area contributed by atoms with Crippen LogP contribution >= 0.6 is 11.6 Å². The van der Waals surface area contributed by atoms with Crippen molar-refractivity contribution in [1.29, 1.82) is 0 Å². The molecule has 0 aromatic rings. The molecule has 0 amide bonds. The van der Waals surface area contributed by atoms with E-state index in [9.17, 15) is 0 Å². The van der Waals surface area contributed by atoms with Crippen LogP contribution in [0.4, 0.5) is 0 Å². The molecule has 0 aliphatic heterocycles. The Morgan fingerprint density at radius 3 is 1.67 bits per heavy atom. The average Bonchev–Trinajstić information content (AvgIpc) is 2.02. The van der Waals surface area contributed by atoms with Gasteiger partial charge in [0.1, 0.15) is 0 Å². The molecule has 0 saturated heterocycles. The number of hydrogen-bond acceptors (Lipinski definition) is 0. The molecule has 0 spiro atoms. The molecule has 0 aromatic carbocycles. The van der Waals surface area contributed by atoms with E-state index in [0.717, 1.165) is 17.8 Å². The Kier molecular flexibility index (Phi) is 1.54. The maximum absolute atomic E-state index is 5.87. The normalized spacial score (nSPS) is 56.2. The zero-order valence-corrected chi connectivity index (χ0v) is 8.11. The molecule has 4 saturated carbocycles. The molecule has 66 valence electrons. The van der Waals surface area contributed by atoms with Gasteiger partial charge in [-0.2, -0.15) is 0 Å². The molecule has 0 nitrogen and oxygen atoms in total. The summed E-state index contributed by atoms with van der Waals surface area (Å²) in [7, 11) is 0. The van der Waals surface area contributed by atoms with E-state index < -0.39 is 0 Å². The van der Waals surface area contributed by atoms with Gasteiger partial charge in [-0.1, -0.05) is 0 Å². The Labute approximate surface area is 79.7 Å².